The van der Waals surface area contributed by atoms with Crippen molar-refractivity contribution < 1.29 is 14.3 Å². The molecular weight excluding hydrogens is 242 g/mol. The largest absolute Gasteiger partial charge is 0.377 e. The summed E-state index contributed by atoms with van der Waals surface area (Å²) in [6, 6.07) is 0. The van der Waals surface area contributed by atoms with Crippen LogP contribution in [0.2, 0.25) is 0 Å². The SMILES string of the molecule is CC(C)(C)[C@H]1OCC[C@@H]1CNC(=O)[C@H]1CCCCO1. The maximum Gasteiger partial charge on any atom is 0.249 e. The topological polar surface area (TPSA) is 47.6 Å². The number of nitrogens with one attached hydrogen (secondary N) is 1. The predicted molar refractivity (Wildman–Crippen MR) is 73.9 cm³/mol. The van der Waals surface area contributed by atoms with E-state index in [2.05, 4.69) is 26.1 Å². The van der Waals surface area contributed by atoms with Crippen molar-refractivity contribution in [2.24, 2.45) is 11.3 Å². The summed E-state index contributed by atoms with van der Waals surface area (Å²) < 4.78 is 11.3. The Hall–Kier alpha value is -0.610. The van der Waals surface area contributed by atoms with Gasteiger partial charge in [-0.15, -0.1) is 0 Å². The Labute approximate surface area is 116 Å². The van der Waals surface area contributed by atoms with E-state index in [1.54, 1.807) is 0 Å². The van der Waals surface area contributed by atoms with E-state index in [4.69, 9.17) is 9.47 Å². The van der Waals surface area contributed by atoms with Crippen LogP contribution < -0.4 is 5.32 Å². The van der Waals surface area contributed by atoms with Crippen LogP contribution in [0.5, 0.6) is 0 Å². The smallest absolute Gasteiger partial charge is 0.249 e. The van der Waals surface area contributed by atoms with Gasteiger partial charge in [-0.05, 0) is 31.1 Å². The fraction of sp³-hybridized carbons (Fsp3) is 0.933. The highest BCUT2D eigenvalue weighted by atomic mass is 16.5. The summed E-state index contributed by atoms with van der Waals surface area (Å²) in [5, 5.41) is 3.05. The summed E-state index contributed by atoms with van der Waals surface area (Å²) in [7, 11) is 0. The van der Waals surface area contributed by atoms with Crippen molar-refractivity contribution in [3.8, 4) is 0 Å². The first-order chi connectivity index (χ1) is 8.98. The quantitative estimate of drug-likeness (QED) is 0.853. The van der Waals surface area contributed by atoms with E-state index in [1.165, 1.54) is 0 Å². The number of carbonyl (C=O) groups is 1. The molecule has 0 saturated carbocycles. The van der Waals surface area contributed by atoms with Crippen LogP contribution in [0.25, 0.3) is 0 Å². The molecule has 2 aliphatic heterocycles. The Balaban J connectivity index is 1.79. The summed E-state index contributed by atoms with van der Waals surface area (Å²) in [6.45, 7) is 8.82. The number of amides is 1. The van der Waals surface area contributed by atoms with Gasteiger partial charge in [0.2, 0.25) is 5.91 Å². The Morgan fingerprint density at radius 2 is 1.95 bits per heavy atom. The molecule has 4 heteroatoms. The Bertz CT molecular complexity index is 305. The lowest BCUT2D eigenvalue weighted by atomic mass is 9.81. The van der Waals surface area contributed by atoms with Crippen LogP contribution in [0, 0.1) is 11.3 Å². The van der Waals surface area contributed by atoms with Crippen LogP contribution in [0.3, 0.4) is 0 Å². The molecule has 0 aromatic heterocycles. The molecule has 0 radical (unpaired) electrons. The molecule has 0 aromatic rings. The van der Waals surface area contributed by atoms with Crippen LogP contribution in [-0.2, 0) is 14.3 Å². The summed E-state index contributed by atoms with van der Waals surface area (Å²) in [5.74, 6) is 0.479. The van der Waals surface area contributed by atoms with E-state index in [1.807, 2.05) is 0 Å². The highest BCUT2D eigenvalue weighted by molar-refractivity contribution is 5.80. The number of carbonyl (C=O) groups excluding carboxylic acids is 1. The van der Waals surface area contributed by atoms with Gasteiger partial charge in [0.25, 0.3) is 0 Å². The summed E-state index contributed by atoms with van der Waals surface area (Å²) >= 11 is 0. The van der Waals surface area contributed by atoms with Crippen molar-refractivity contribution in [3.05, 3.63) is 0 Å². The summed E-state index contributed by atoms with van der Waals surface area (Å²) in [6.07, 6.45) is 4.06. The first-order valence-electron chi connectivity index (χ1n) is 7.49. The Kier molecular flexibility index (Phi) is 4.85. The maximum absolute atomic E-state index is 12.0. The minimum Gasteiger partial charge on any atom is -0.377 e. The van der Waals surface area contributed by atoms with E-state index < -0.39 is 0 Å². The monoisotopic (exact) mass is 269 g/mol. The van der Waals surface area contributed by atoms with E-state index in [0.29, 0.717) is 12.5 Å². The lowest BCUT2D eigenvalue weighted by molar-refractivity contribution is -0.135. The van der Waals surface area contributed by atoms with Gasteiger partial charge in [0.1, 0.15) is 6.10 Å². The molecule has 0 aliphatic carbocycles. The van der Waals surface area contributed by atoms with Crippen molar-refractivity contribution in [1.82, 2.24) is 5.32 Å². The van der Waals surface area contributed by atoms with Gasteiger partial charge >= 0.3 is 0 Å². The highest BCUT2D eigenvalue weighted by Gasteiger charge is 2.37. The van der Waals surface area contributed by atoms with Crippen LogP contribution in [0.4, 0.5) is 0 Å². The van der Waals surface area contributed by atoms with E-state index in [-0.39, 0.29) is 23.5 Å². The van der Waals surface area contributed by atoms with Crippen LogP contribution in [0.1, 0.15) is 46.5 Å². The fourth-order valence-electron chi connectivity index (χ4n) is 3.09. The Morgan fingerprint density at radius 1 is 1.16 bits per heavy atom. The van der Waals surface area contributed by atoms with Gasteiger partial charge in [-0.3, -0.25) is 4.79 Å². The average molecular weight is 269 g/mol. The van der Waals surface area contributed by atoms with Gasteiger partial charge < -0.3 is 14.8 Å². The third-order valence-electron chi connectivity index (χ3n) is 4.08. The van der Waals surface area contributed by atoms with Gasteiger partial charge in [0, 0.05) is 25.7 Å². The summed E-state index contributed by atoms with van der Waals surface area (Å²) in [5.41, 5.74) is 0.132. The fourth-order valence-corrected chi connectivity index (χ4v) is 3.09. The lowest BCUT2D eigenvalue weighted by Gasteiger charge is -2.31. The molecule has 2 heterocycles. The standard InChI is InChI=1S/C15H27NO3/c1-15(2,3)13-11(7-9-19-13)10-16-14(17)12-6-4-5-8-18-12/h11-13H,4-10H2,1-3H3,(H,16,17)/t11-,12-,13+/m1/s1. The zero-order valence-electron chi connectivity index (χ0n) is 12.4. The molecule has 4 nitrogen and oxygen atoms in total. The number of ether oxygens (including phenoxy) is 2. The molecule has 1 amide bonds. The average Bonchev–Trinajstić information content (AvgIpc) is 2.85. The van der Waals surface area contributed by atoms with Gasteiger partial charge in [0.15, 0.2) is 0 Å². The first-order valence-corrected chi connectivity index (χ1v) is 7.49. The molecular formula is C15H27NO3. The molecule has 0 bridgehead atoms. The van der Waals surface area contributed by atoms with Crippen molar-refractivity contribution in [3.63, 3.8) is 0 Å². The second kappa shape index (κ2) is 6.23. The molecule has 0 unspecified atom stereocenters. The maximum atomic E-state index is 12.0. The van der Waals surface area contributed by atoms with Crippen molar-refractivity contribution in [2.75, 3.05) is 19.8 Å². The molecule has 110 valence electrons. The molecule has 2 saturated heterocycles. The number of rotatable bonds is 3. The van der Waals surface area contributed by atoms with E-state index >= 15 is 0 Å². The normalized spacial score (nSPS) is 32.3. The van der Waals surface area contributed by atoms with Crippen LogP contribution in [-0.4, -0.2) is 37.9 Å². The lowest BCUT2D eigenvalue weighted by Crippen LogP contribution is -2.43. The van der Waals surface area contributed by atoms with Crippen molar-refractivity contribution in [2.45, 2.75) is 58.7 Å². The van der Waals surface area contributed by atoms with E-state index in [0.717, 1.165) is 38.9 Å². The number of hydrogen-bond donors (Lipinski definition) is 1. The number of hydrogen-bond acceptors (Lipinski definition) is 3. The van der Waals surface area contributed by atoms with Gasteiger partial charge in [-0.25, -0.2) is 0 Å². The minimum atomic E-state index is -0.232. The minimum absolute atomic E-state index is 0.0549. The molecule has 0 aromatic carbocycles. The van der Waals surface area contributed by atoms with E-state index in [9.17, 15) is 4.79 Å². The molecule has 1 N–H and O–H groups in total. The van der Waals surface area contributed by atoms with Gasteiger partial charge in [-0.2, -0.15) is 0 Å². The second-order valence-corrected chi connectivity index (χ2v) is 6.81. The molecule has 0 spiro atoms. The first kappa shape index (κ1) is 14.8. The van der Waals surface area contributed by atoms with Crippen molar-refractivity contribution in [1.29, 1.82) is 0 Å². The molecule has 19 heavy (non-hydrogen) atoms. The van der Waals surface area contributed by atoms with Gasteiger partial charge in [0.05, 0.1) is 6.10 Å². The molecule has 3 atom stereocenters. The third kappa shape index (κ3) is 3.93. The molecule has 2 rings (SSSR count). The van der Waals surface area contributed by atoms with Crippen LogP contribution in [0.15, 0.2) is 0 Å². The third-order valence-corrected chi connectivity index (χ3v) is 4.08. The second-order valence-electron chi connectivity index (χ2n) is 6.81. The summed E-state index contributed by atoms with van der Waals surface area (Å²) in [4.78, 5) is 12.0. The van der Waals surface area contributed by atoms with Gasteiger partial charge in [-0.1, -0.05) is 20.8 Å². The molecule has 2 aliphatic rings. The Morgan fingerprint density at radius 3 is 2.58 bits per heavy atom. The predicted octanol–water partition coefficient (Wildman–Crippen LogP) is 2.12. The zero-order valence-corrected chi connectivity index (χ0v) is 12.4. The molecule has 2 fully saturated rings. The van der Waals surface area contributed by atoms with Crippen LogP contribution >= 0.6 is 0 Å². The highest BCUT2D eigenvalue weighted by Crippen LogP contribution is 2.34. The zero-order chi connectivity index (χ0) is 13.9. The van der Waals surface area contributed by atoms with Crippen molar-refractivity contribution >= 4 is 5.91 Å².